The van der Waals surface area contributed by atoms with Crippen LogP contribution < -0.4 is 19.1 Å². The fraction of sp³-hybridized carbons (Fsp3) is 0.217. The van der Waals surface area contributed by atoms with Crippen LogP contribution in [0.15, 0.2) is 60.8 Å². The van der Waals surface area contributed by atoms with E-state index in [9.17, 15) is 9.18 Å². The van der Waals surface area contributed by atoms with Gasteiger partial charge in [-0.05, 0) is 54.6 Å². The predicted octanol–water partition coefficient (Wildman–Crippen LogP) is 5.44. The quantitative estimate of drug-likeness (QED) is 0.440. The lowest BCUT2D eigenvalue weighted by molar-refractivity contribution is -0.116. The minimum Gasteiger partial charge on any atom is -0.497 e. The van der Waals surface area contributed by atoms with E-state index >= 15 is 0 Å². The summed E-state index contributed by atoms with van der Waals surface area (Å²) in [7, 11) is 1.54. The number of pyridine rings is 1. The Labute approximate surface area is 185 Å². The number of hydrogen-bond donors (Lipinski definition) is 0. The third-order valence-electron chi connectivity index (χ3n) is 4.38. The summed E-state index contributed by atoms with van der Waals surface area (Å²) in [4.78, 5) is 18.4. The number of anilines is 1. The molecule has 0 unspecified atom stereocenters. The zero-order chi connectivity index (χ0) is 22.2. The van der Waals surface area contributed by atoms with Gasteiger partial charge >= 0.3 is 0 Å². The number of rotatable bonds is 9. The van der Waals surface area contributed by atoms with Gasteiger partial charge in [0.1, 0.15) is 36.2 Å². The van der Waals surface area contributed by atoms with Gasteiger partial charge in [-0.2, -0.15) is 0 Å². The Morgan fingerprint density at radius 2 is 1.87 bits per heavy atom. The monoisotopic (exact) mass is 444 g/mol. The third kappa shape index (κ3) is 5.86. The molecule has 0 aliphatic carbocycles. The van der Waals surface area contributed by atoms with Crippen molar-refractivity contribution < 1.29 is 23.4 Å². The summed E-state index contributed by atoms with van der Waals surface area (Å²) in [5, 5.41) is 0.581. The summed E-state index contributed by atoms with van der Waals surface area (Å²) < 4.78 is 29.4. The number of aromatic nitrogens is 1. The number of alkyl halides is 1. The molecule has 6 nitrogen and oxygen atoms in total. The van der Waals surface area contributed by atoms with Gasteiger partial charge in [0.15, 0.2) is 0 Å². The third-order valence-corrected chi connectivity index (χ3v) is 4.63. The summed E-state index contributed by atoms with van der Waals surface area (Å²) in [6.45, 7) is 0.888. The number of benzene rings is 2. The van der Waals surface area contributed by atoms with Crippen molar-refractivity contribution in [3.63, 3.8) is 0 Å². The zero-order valence-electron chi connectivity index (χ0n) is 17.2. The molecule has 0 fully saturated rings. The molecular formula is C23H22ClFN2O4. The van der Waals surface area contributed by atoms with Gasteiger partial charge in [-0.15, -0.1) is 0 Å². The largest absolute Gasteiger partial charge is 0.497 e. The standard InChI is InChI=1S/C23H22ClFN2O4/c1-16(28)27(15-17-14-20(29-2)9-10-22(17)30-13-11-25)21-4-3-12-26-23(21)31-19-7-5-18(24)6-8-19/h3-10,12,14H,11,13,15H2,1-2H3. The molecule has 162 valence electrons. The van der Waals surface area contributed by atoms with Gasteiger partial charge in [-0.3, -0.25) is 4.79 Å². The van der Waals surface area contributed by atoms with Crippen LogP contribution in [-0.2, 0) is 11.3 Å². The fourth-order valence-corrected chi connectivity index (χ4v) is 3.04. The lowest BCUT2D eigenvalue weighted by atomic mass is 10.1. The molecule has 0 saturated heterocycles. The molecule has 1 aromatic heterocycles. The molecule has 0 bridgehead atoms. The summed E-state index contributed by atoms with van der Waals surface area (Å²) >= 11 is 5.93. The second-order valence-electron chi connectivity index (χ2n) is 6.50. The SMILES string of the molecule is COc1ccc(OCCF)c(CN(C(C)=O)c2cccnc2Oc2ccc(Cl)cc2)c1. The smallest absolute Gasteiger partial charge is 0.243 e. The molecule has 2 aromatic carbocycles. The van der Waals surface area contributed by atoms with Crippen molar-refractivity contribution in [2.24, 2.45) is 0 Å². The Bertz CT molecular complexity index is 1030. The highest BCUT2D eigenvalue weighted by Crippen LogP contribution is 2.33. The summed E-state index contributed by atoms with van der Waals surface area (Å²) in [6.07, 6.45) is 1.58. The average molecular weight is 445 g/mol. The van der Waals surface area contributed by atoms with E-state index in [2.05, 4.69) is 4.98 Å². The molecule has 0 atom stereocenters. The first-order valence-corrected chi connectivity index (χ1v) is 9.92. The van der Waals surface area contributed by atoms with Crippen LogP contribution in [0.2, 0.25) is 5.02 Å². The van der Waals surface area contributed by atoms with E-state index in [1.54, 1.807) is 67.9 Å². The van der Waals surface area contributed by atoms with Crippen molar-refractivity contribution in [2.45, 2.75) is 13.5 Å². The minimum absolute atomic E-state index is 0.0861. The van der Waals surface area contributed by atoms with Gasteiger partial charge in [0.05, 0.1) is 13.7 Å². The van der Waals surface area contributed by atoms with Gasteiger partial charge in [-0.25, -0.2) is 9.37 Å². The van der Waals surface area contributed by atoms with Gasteiger partial charge < -0.3 is 19.1 Å². The first kappa shape index (κ1) is 22.4. The zero-order valence-corrected chi connectivity index (χ0v) is 17.9. The molecule has 0 N–H and O–H groups in total. The molecule has 0 spiro atoms. The van der Waals surface area contributed by atoms with Gasteiger partial charge in [0.2, 0.25) is 11.8 Å². The number of nitrogens with zero attached hydrogens (tertiary/aromatic N) is 2. The molecular weight excluding hydrogens is 423 g/mol. The Kier molecular flexibility index (Phi) is 7.67. The number of carbonyl (C=O) groups excluding carboxylic acids is 1. The summed E-state index contributed by atoms with van der Waals surface area (Å²) in [5.74, 6) is 1.62. The average Bonchev–Trinajstić information content (AvgIpc) is 2.78. The molecule has 31 heavy (non-hydrogen) atoms. The van der Waals surface area contributed by atoms with Crippen molar-refractivity contribution in [3.8, 4) is 23.1 Å². The number of methoxy groups -OCH3 is 1. The molecule has 0 saturated carbocycles. The molecule has 1 amide bonds. The highest BCUT2D eigenvalue weighted by Gasteiger charge is 2.20. The second-order valence-corrected chi connectivity index (χ2v) is 6.94. The molecule has 1 heterocycles. The van der Waals surface area contributed by atoms with Gasteiger partial charge in [0, 0.05) is 23.7 Å². The van der Waals surface area contributed by atoms with Crippen molar-refractivity contribution in [3.05, 3.63) is 71.4 Å². The molecule has 3 rings (SSSR count). The van der Waals surface area contributed by atoms with Crippen LogP contribution >= 0.6 is 11.6 Å². The predicted molar refractivity (Wildman–Crippen MR) is 117 cm³/mol. The van der Waals surface area contributed by atoms with Crippen LogP contribution in [0.5, 0.6) is 23.1 Å². The maximum atomic E-state index is 12.6. The Morgan fingerprint density at radius 1 is 1.13 bits per heavy atom. The van der Waals surface area contributed by atoms with Crippen LogP contribution in [0.25, 0.3) is 0 Å². The maximum Gasteiger partial charge on any atom is 0.243 e. The van der Waals surface area contributed by atoms with Crippen molar-refractivity contribution in [1.29, 1.82) is 0 Å². The lowest BCUT2D eigenvalue weighted by Gasteiger charge is -2.24. The molecule has 0 aliphatic heterocycles. The lowest BCUT2D eigenvalue weighted by Crippen LogP contribution is -2.28. The van der Waals surface area contributed by atoms with E-state index in [4.69, 9.17) is 25.8 Å². The highest BCUT2D eigenvalue weighted by atomic mass is 35.5. The highest BCUT2D eigenvalue weighted by molar-refractivity contribution is 6.30. The number of carbonyl (C=O) groups is 1. The maximum absolute atomic E-state index is 12.6. The van der Waals surface area contributed by atoms with Crippen LogP contribution in [0.3, 0.4) is 0 Å². The number of ether oxygens (including phenoxy) is 3. The Balaban J connectivity index is 1.95. The number of halogens is 2. The van der Waals surface area contributed by atoms with E-state index in [0.29, 0.717) is 33.5 Å². The Morgan fingerprint density at radius 3 is 2.55 bits per heavy atom. The normalized spacial score (nSPS) is 10.5. The fourth-order valence-electron chi connectivity index (χ4n) is 2.91. The van der Waals surface area contributed by atoms with E-state index < -0.39 is 6.67 Å². The van der Waals surface area contributed by atoms with Crippen LogP contribution in [-0.4, -0.2) is 31.3 Å². The van der Waals surface area contributed by atoms with Crippen LogP contribution in [0.1, 0.15) is 12.5 Å². The minimum atomic E-state index is -0.621. The van der Waals surface area contributed by atoms with E-state index in [-0.39, 0.29) is 24.9 Å². The van der Waals surface area contributed by atoms with Crippen molar-refractivity contribution in [2.75, 3.05) is 25.3 Å². The van der Waals surface area contributed by atoms with Crippen molar-refractivity contribution >= 4 is 23.2 Å². The first-order chi connectivity index (χ1) is 15.0. The van der Waals surface area contributed by atoms with Gasteiger partial charge in [0.25, 0.3) is 0 Å². The first-order valence-electron chi connectivity index (χ1n) is 9.54. The van der Waals surface area contributed by atoms with Gasteiger partial charge in [-0.1, -0.05) is 11.6 Å². The Hall–Kier alpha value is -3.32. The number of amides is 1. The molecule has 0 aliphatic rings. The number of hydrogen-bond acceptors (Lipinski definition) is 5. The summed E-state index contributed by atoms with van der Waals surface area (Å²) in [6, 6.07) is 15.4. The van der Waals surface area contributed by atoms with E-state index in [1.807, 2.05) is 0 Å². The topological polar surface area (TPSA) is 60.9 Å². The van der Waals surface area contributed by atoms with E-state index in [0.717, 1.165) is 0 Å². The molecule has 3 aromatic rings. The van der Waals surface area contributed by atoms with Crippen molar-refractivity contribution in [1.82, 2.24) is 4.98 Å². The second kappa shape index (κ2) is 10.6. The van der Waals surface area contributed by atoms with Crippen LogP contribution in [0.4, 0.5) is 10.1 Å². The van der Waals surface area contributed by atoms with E-state index in [1.165, 1.54) is 11.8 Å². The van der Waals surface area contributed by atoms with Crippen LogP contribution in [0, 0.1) is 0 Å². The molecule has 8 heteroatoms. The summed E-state index contributed by atoms with van der Waals surface area (Å²) in [5.41, 5.74) is 1.13. The molecule has 0 radical (unpaired) electrons.